The lowest BCUT2D eigenvalue weighted by Crippen LogP contribution is -2.52. The second kappa shape index (κ2) is 7.18. The van der Waals surface area contributed by atoms with Crippen molar-refractivity contribution < 1.29 is 17.9 Å². The normalized spacial score (nSPS) is 23.3. The third kappa shape index (κ3) is 3.46. The average molecular weight is 353 g/mol. The highest BCUT2D eigenvalue weighted by molar-refractivity contribution is 7.89. The number of carbonyl (C=O) groups is 1. The van der Waals surface area contributed by atoms with Crippen LogP contribution < -0.4 is 5.32 Å². The molecule has 1 N–H and O–H groups in total. The van der Waals surface area contributed by atoms with E-state index in [0.29, 0.717) is 24.7 Å². The van der Waals surface area contributed by atoms with Crippen LogP contribution in [0.3, 0.4) is 0 Å². The Balaban J connectivity index is 1.66. The first-order valence-corrected chi connectivity index (χ1v) is 9.59. The number of piperazine rings is 1. The van der Waals surface area contributed by atoms with E-state index in [1.807, 2.05) is 0 Å². The molecule has 0 bridgehead atoms. The lowest BCUT2D eigenvalue weighted by molar-refractivity contribution is 0.0600. The fourth-order valence-electron chi connectivity index (χ4n) is 3.29. The number of nitrogens with zero attached hydrogens (tertiary/aromatic N) is 2. The molecule has 2 aliphatic rings. The fraction of sp³-hybridized carbons (Fsp3) is 0.562. The Morgan fingerprint density at radius 1 is 1.17 bits per heavy atom. The minimum atomic E-state index is -3.52. The van der Waals surface area contributed by atoms with Gasteiger partial charge in [-0.15, -0.1) is 0 Å². The molecule has 0 radical (unpaired) electrons. The topological polar surface area (TPSA) is 79.0 Å². The van der Waals surface area contributed by atoms with Gasteiger partial charge in [0.2, 0.25) is 10.0 Å². The van der Waals surface area contributed by atoms with Crippen molar-refractivity contribution in [2.75, 3.05) is 46.4 Å². The molecular formula is C16H23N3O4S. The van der Waals surface area contributed by atoms with E-state index >= 15 is 0 Å². The van der Waals surface area contributed by atoms with Crippen LogP contribution in [0.2, 0.25) is 0 Å². The molecule has 132 valence electrons. The maximum Gasteiger partial charge on any atom is 0.337 e. The van der Waals surface area contributed by atoms with Crippen LogP contribution in [0, 0.1) is 0 Å². The summed E-state index contributed by atoms with van der Waals surface area (Å²) in [6, 6.07) is 6.43. The van der Waals surface area contributed by atoms with Gasteiger partial charge in [0.1, 0.15) is 0 Å². The molecule has 2 saturated heterocycles. The molecule has 3 rings (SSSR count). The third-order valence-corrected chi connectivity index (χ3v) is 6.65. The summed E-state index contributed by atoms with van der Waals surface area (Å²) in [6.07, 6.45) is 1.13. The molecule has 0 amide bonds. The predicted octanol–water partition coefficient (Wildman–Crippen LogP) is 0.141. The number of hydrogen-bond acceptors (Lipinski definition) is 6. The largest absolute Gasteiger partial charge is 0.465 e. The zero-order valence-corrected chi connectivity index (χ0v) is 14.6. The zero-order valence-electron chi connectivity index (χ0n) is 13.8. The van der Waals surface area contributed by atoms with Gasteiger partial charge in [-0.05, 0) is 37.2 Å². The van der Waals surface area contributed by atoms with Gasteiger partial charge < -0.3 is 10.1 Å². The van der Waals surface area contributed by atoms with Crippen molar-refractivity contribution in [3.8, 4) is 0 Å². The van der Waals surface area contributed by atoms with Gasteiger partial charge in [0.15, 0.2) is 0 Å². The third-order valence-electron chi connectivity index (χ3n) is 4.74. The number of methoxy groups -OCH3 is 1. The molecule has 8 heteroatoms. The Labute approximate surface area is 142 Å². The van der Waals surface area contributed by atoms with Crippen LogP contribution in [0.25, 0.3) is 0 Å². The monoisotopic (exact) mass is 353 g/mol. The average Bonchev–Trinajstić information content (AvgIpc) is 3.16. The maximum absolute atomic E-state index is 12.7. The van der Waals surface area contributed by atoms with E-state index < -0.39 is 16.0 Å². The Bertz CT molecular complexity index is 676. The van der Waals surface area contributed by atoms with Crippen LogP contribution in [-0.2, 0) is 14.8 Å². The van der Waals surface area contributed by atoms with Crippen molar-refractivity contribution in [3.05, 3.63) is 29.8 Å². The first-order valence-electron chi connectivity index (χ1n) is 8.15. The molecule has 2 aliphatic heterocycles. The van der Waals surface area contributed by atoms with E-state index in [9.17, 15) is 13.2 Å². The summed E-state index contributed by atoms with van der Waals surface area (Å²) in [5.41, 5.74) is 0.343. The van der Waals surface area contributed by atoms with Gasteiger partial charge in [-0.3, -0.25) is 4.90 Å². The number of nitrogens with one attached hydrogen (secondary N) is 1. The highest BCUT2D eigenvalue weighted by Crippen LogP contribution is 2.20. The summed E-state index contributed by atoms with van der Waals surface area (Å²) in [6.45, 7) is 4.53. The standard InChI is InChI=1S/C16H23N3O4S/c1-23-16(20)13-2-4-15(5-3-13)24(21,22)19-10-8-18(9-11-19)14-6-7-17-12-14/h2-5,14,17H,6-12H2,1H3. The van der Waals surface area contributed by atoms with Crippen molar-refractivity contribution in [3.63, 3.8) is 0 Å². The minimum Gasteiger partial charge on any atom is -0.465 e. The first kappa shape index (κ1) is 17.3. The van der Waals surface area contributed by atoms with E-state index in [4.69, 9.17) is 0 Å². The lowest BCUT2D eigenvalue weighted by Gasteiger charge is -2.37. The molecule has 0 aromatic heterocycles. The highest BCUT2D eigenvalue weighted by atomic mass is 32.2. The summed E-state index contributed by atoms with van der Waals surface area (Å²) in [4.78, 5) is 14.0. The molecular weight excluding hydrogens is 330 g/mol. The number of esters is 1. The maximum atomic E-state index is 12.7. The van der Waals surface area contributed by atoms with Gasteiger partial charge in [0.25, 0.3) is 0 Å². The van der Waals surface area contributed by atoms with Gasteiger partial charge >= 0.3 is 5.97 Å². The van der Waals surface area contributed by atoms with Crippen molar-refractivity contribution in [1.29, 1.82) is 0 Å². The molecule has 0 aliphatic carbocycles. The minimum absolute atomic E-state index is 0.214. The summed E-state index contributed by atoms with van der Waals surface area (Å²) < 4.78 is 31.6. The molecule has 2 fully saturated rings. The molecule has 0 spiro atoms. The summed E-state index contributed by atoms with van der Waals surface area (Å²) in [5.74, 6) is -0.474. The smallest absolute Gasteiger partial charge is 0.337 e. The van der Waals surface area contributed by atoms with Gasteiger partial charge in [-0.2, -0.15) is 4.31 Å². The van der Waals surface area contributed by atoms with Crippen molar-refractivity contribution in [2.45, 2.75) is 17.4 Å². The molecule has 1 aromatic carbocycles. The number of benzene rings is 1. The summed E-state index contributed by atoms with van der Waals surface area (Å²) in [7, 11) is -2.22. The molecule has 2 heterocycles. The van der Waals surface area contributed by atoms with Gasteiger partial charge in [0, 0.05) is 38.8 Å². The molecule has 1 atom stereocenters. The number of rotatable bonds is 4. The van der Waals surface area contributed by atoms with Crippen LogP contribution in [0.1, 0.15) is 16.8 Å². The van der Waals surface area contributed by atoms with E-state index in [2.05, 4.69) is 15.0 Å². The molecule has 1 unspecified atom stereocenters. The number of hydrogen-bond donors (Lipinski definition) is 1. The van der Waals surface area contributed by atoms with Crippen LogP contribution in [0.15, 0.2) is 29.2 Å². The number of sulfonamides is 1. The zero-order chi connectivity index (χ0) is 17.2. The van der Waals surface area contributed by atoms with Crippen LogP contribution >= 0.6 is 0 Å². The molecule has 0 saturated carbocycles. The van der Waals surface area contributed by atoms with Crippen molar-refractivity contribution >= 4 is 16.0 Å². The van der Waals surface area contributed by atoms with E-state index in [1.165, 1.54) is 35.7 Å². The van der Waals surface area contributed by atoms with Gasteiger partial charge in [0.05, 0.1) is 17.6 Å². The Kier molecular flexibility index (Phi) is 5.19. The summed E-state index contributed by atoms with van der Waals surface area (Å²) >= 11 is 0. The second-order valence-electron chi connectivity index (χ2n) is 6.10. The van der Waals surface area contributed by atoms with Crippen LogP contribution in [0.5, 0.6) is 0 Å². The van der Waals surface area contributed by atoms with E-state index in [-0.39, 0.29) is 4.90 Å². The van der Waals surface area contributed by atoms with E-state index in [0.717, 1.165) is 32.6 Å². The van der Waals surface area contributed by atoms with Crippen LogP contribution in [-0.4, -0.2) is 76.0 Å². The molecule has 1 aromatic rings. The lowest BCUT2D eigenvalue weighted by atomic mass is 10.2. The number of carbonyl (C=O) groups excluding carboxylic acids is 1. The van der Waals surface area contributed by atoms with Crippen molar-refractivity contribution in [2.24, 2.45) is 0 Å². The fourth-order valence-corrected chi connectivity index (χ4v) is 4.71. The predicted molar refractivity (Wildman–Crippen MR) is 89.4 cm³/mol. The Hall–Kier alpha value is -1.48. The second-order valence-corrected chi connectivity index (χ2v) is 8.04. The highest BCUT2D eigenvalue weighted by Gasteiger charge is 2.31. The molecule has 7 nitrogen and oxygen atoms in total. The Morgan fingerprint density at radius 3 is 2.38 bits per heavy atom. The number of ether oxygens (including phenoxy) is 1. The van der Waals surface area contributed by atoms with Gasteiger partial charge in [-0.1, -0.05) is 0 Å². The Morgan fingerprint density at radius 2 is 1.83 bits per heavy atom. The SMILES string of the molecule is COC(=O)c1ccc(S(=O)(=O)N2CCN(C3CCNC3)CC2)cc1. The van der Waals surface area contributed by atoms with Crippen molar-refractivity contribution in [1.82, 2.24) is 14.5 Å². The first-order chi connectivity index (χ1) is 11.5. The molecule has 24 heavy (non-hydrogen) atoms. The van der Waals surface area contributed by atoms with Crippen LogP contribution in [0.4, 0.5) is 0 Å². The van der Waals surface area contributed by atoms with Gasteiger partial charge in [-0.25, -0.2) is 13.2 Å². The summed E-state index contributed by atoms with van der Waals surface area (Å²) in [5, 5.41) is 3.34. The van der Waals surface area contributed by atoms with E-state index in [1.54, 1.807) is 0 Å². The quantitative estimate of drug-likeness (QED) is 0.776.